The standard InChI is InChI=1S/C7H6ClN3S.C2H6/c1-3-2-12-5-4(3)10-7(8)11-6(5)9;1-2/h2H,1H3,(H2,9,10,11);1-2H3. The first-order valence-electron chi connectivity index (χ1n) is 4.35. The Kier molecular flexibility index (Phi) is 3.66. The Hall–Kier alpha value is -0.870. The fraction of sp³-hybridized carbons (Fsp3) is 0.333. The lowest BCUT2D eigenvalue weighted by molar-refractivity contribution is 1.23. The molecule has 5 heteroatoms. The van der Waals surface area contributed by atoms with Gasteiger partial charge in [0.15, 0.2) is 0 Å². The molecule has 0 atom stereocenters. The van der Waals surface area contributed by atoms with E-state index < -0.39 is 0 Å². The maximum Gasteiger partial charge on any atom is 0.224 e. The highest BCUT2D eigenvalue weighted by Crippen LogP contribution is 2.28. The third-order valence-corrected chi connectivity index (χ3v) is 2.87. The van der Waals surface area contributed by atoms with Gasteiger partial charge in [0, 0.05) is 0 Å². The van der Waals surface area contributed by atoms with Gasteiger partial charge in [0.05, 0.1) is 10.2 Å². The van der Waals surface area contributed by atoms with E-state index in [0.717, 1.165) is 15.8 Å². The normalized spacial score (nSPS) is 9.71. The molecule has 0 aliphatic rings. The topological polar surface area (TPSA) is 51.8 Å². The van der Waals surface area contributed by atoms with Gasteiger partial charge in [-0.15, -0.1) is 11.3 Å². The largest absolute Gasteiger partial charge is 0.382 e. The summed E-state index contributed by atoms with van der Waals surface area (Å²) in [7, 11) is 0. The lowest BCUT2D eigenvalue weighted by Crippen LogP contribution is -1.92. The van der Waals surface area contributed by atoms with Gasteiger partial charge in [-0.05, 0) is 29.5 Å². The van der Waals surface area contributed by atoms with E-state index in [1.54, 1.807) is 11.3 Å². The average Bonchev–Trinajstić information content (AvgIpc) is 2.52. The number of anilines is 1. The van der Waals surface area contributed by atoms with Crippen LogP contribution in [0.3, 0.4) is 0 Å². The third-order valence-electron chi connectivity index (χ3n) is 1.59. The minimum atomic E-state index is 0.210. The van der Waals surface area contributed by atoms with Crippen LogP contribution in [0.5, 0.6) is 0 Å². The Morgan fingerprint density at radius 3 is 2.64 bits per heavy atom. The Balaban J connectivity index is 0.000000461. The summed E-state index contributed by atoms with van der Waals surface area (Å²) in [6.45, 7) is 5.97. The van der Waals surface area contributed by atoms with E-state index in [1.807, 2.05) is 26.2 Å². The van der Waals surface area contributed by atoms with Gasteiger partial charge in [-0.1, -0.05) is 13.8 Å². The van der Waals surface area contributed by atoms with Crippen LogP contribution < -0.4 is 5.73 Å². The summed E-state index contributed by atoms with van der Waals surface area (Å²) in [6.07, 6.45) is 0. The van der Waals surface area contributed by atoms with Gasteiger partial charge in [-0.3, -0.25) is 0 Å². The van der Waals surface area contributed by atoms with Crippen molar-refractivity contribution in [3.8, 4) is 0 Å². The van der Waals surface area contributed by atoms with Crippen LogP contribution >= 0.6 is 22.9 Å². The summed E-state index contributed by atoms with van der Waals surface area (Å²) in [5, 5.41) is 2.20. The fourth-order valence-electron chi connectivity index (χ4n) is 1.03. The summed E-state index contributed by atoms with van der Waals surface area (Å²) in [5.41, 5.74) is 7.59. The molecule has 0 unspecified atom stereocenters. The number of nitrogens with zero attached hydrogens (tertiary/aromatic N) is 2. The van der Waals surface area contributed by atoms with E-state index in [2.05, 4.69) is 9.97 Å². The first-order valence-corrected chi connectivity index (χ1v) is 5.61. The number of halogens is 1. The van der Waals surface area contributed by atoms with Gasteiger partial charge < -0.3 is 5.73 Å². The number of aryl methyl sites for hydroxylation is 1. The van der Waals surface area contributed by atoms with Gasteiger partial charge >= 0.3 is 0 Å². The quantitative estimate of drug-likeness (QED) is 0.706. The Labute approximate surface area is 91.9 Å². The van der Waals surface area contributed by atoms with Crippen LogP contribution in [0.15, 0.2) is 5.38 Å². The summed E-state index contributed by atoms with van der Waals surface area (Å²) in [6, 6.07) is 0. The second-order valence-electron chi connectivity index (χ2n) is 2.47. The number of hydrogen-bond donors (Lipinski definition) is 1. The summed E-state index contributed by atoms with van der Waals surface area (Å²) in [5.74, 6) is 0.461. The van der Waals surface area contributed by atoms with Crippen molar-refractivity contribution >= 4 is 39.0 Å². The minimum Gasteiger partial charge on any atom is -0.382 e. The fourth-order valence-corrected chi connectivity index (χ4v) is 2.09. The minimum absolute atomic E-state index is 0.210. The predicted octanol–water partition coefficient (Wildman–Crippen LogP) is 3.26. The first kappa shape index (κ1) is 11.2. The van der Waals surface area contributed by atoms with Crippen LogP contribution in [-0.4, -0.2) is 9.97 Å². The molecule has 0 spiro atoms. The summed E-state index contributed by atoms with van der Waals surface area (Å²) >= 11 is 7.20. The molecular weight excluding hydrogens is 218 g/mol. The molecule has 0 saturated carbocycles. The molecule has 2 heterocycles. The Bertz CT molecular complexity index is 439. The zero-order valence-electron chi connectivity index (χ0n) is 8.34. The molecule has 14 heavy (non-hydrogen) atoms. The molecule has 0 fully saturated rings. The third kappa shape index (κ3) is 1.96. The highest BCUT2D eigenvalue weighted by molar-refractivity contribution is 7.17. The molecular formula is C9H12ClN3S. The molecule has 0 amide bonds. The second kappa shape index (κ2) is 4.57. The van der Waals surface area contributed by atoms with Crippen molar-refractivity contribution in [2.24, 2.45) is 0 Å². The van der Waals surface area contributed by atoms with Crippen molar-refractivity contribution in [1.29, 1.82) is 0 Å². The van der Waals surface area contributed by atoms with E-state index in [4.69, 9.17) is 17.3 Å². The van der Waals surface area contributed by atoms with Crippen molar-refractivity contribution in [1.82, 2.24) is 9.97 Å². The Morgan fingerprint density at radius 1 is 1.36 bits per heavy atom. The van der Waals surface area contributed by atoms with E-state index in [-0.39, 0.29) is 5.28 Å². The lowest BCUT2D eigenvalue weighted by atomic mass is 10.3. The average molecular weight is 230 g/mol. The lowest BCUT2D eigenvalue weighted by Gasteiger charge is -1.95. The molecule has 0 bridgehead atoms. The van der Waals surface area contributed by atoms with E-state index >= 15 is 0 Å². The molecule has 2 rings (SSSR count). The van der Waals surface area contributed by atoms with Crippen LogP contribution in [0.1, 0.15) is 19.4 Å². The van der Waals surface area contributed by atoms with Crippen LogP contribution in [0.4, 0.5) is 5.82 Å². The van der Waals surface area contributed by atoms with E-state index in [1.165, 1.54) is 0 Å². The maximum absolute atomic E-state index is 5.66. The van der Waals surface area contributed by atoms with Crippen molar-refractivity contribution in [3.05, 3.63) is 16.2 Å². The molecule has 0 aliphatic carbocycles. The number of rotatable bonds is 0. The van der Waals surface area contributed by atoms with Gasteiger partial charge in [0.2, 0.25) is 5.28 Å². The van der Waals surface area contributed by atoms with Crippen LogP contribution in [-0.2, 0) is 0 Å². The van der Waals surface area contributed by atoms with Gasteiger partial charge in [0.1, 0.15) is 5.82 Å². The molecule has 2 aromatic heterocycles. The molecule has 3 nitrogen and oxygen atoms in total. The summed E-state index contributed by atoms with van der Waals surface area (Å²) in [4.78, 5) is 7.94. The maximum atomic E-state index is 5.66. The van der Waals surface area contributed by atoms with Crippen molar-refractivity contribution in [2.75, 3.05) is 5.73 Å². The number of thiophene rings is 1. The smallest absolute Gasteiger partial charge is 0.224 e. The molecule has 0 radical (unpaired) electrons. The van der Waals surface area contributed by atoms with Crippen molar-refractivity contribution in [3.63, 3.8) is 0 Å². The van der Waals surface area contributed by atoms with Gasteiger partial charge in [-0.2, -0.15) is 4.98 Å². The Morgan fingerprint density at radius 2 is 2.00 bits per heavy atom. The number of aromatic nitrogens is 2. The molecule has 2 aromatic rings. The zero-order chi connectivity index (χ0) is 10.7. The monoisotopic (exact) mass is 229 g/mol. The number of hydrogen-bond acceptors (Lipinski definition) is 4. The predicted molar refractivity (Wildman–Crippen MR) is 62.9 cm³/mol. The van der Waals surface area contributed by atoms with Gasteiger partial charge in [-0.25, -0.2) is 4.98 Å². The number of nitrogens with two attached hydrogens (primary N) is 1. The molecule has 2 N–H and O–H groups in total. The second-order valence-corrected chi connectivity index (χ2v) is 3.69. The molecule has 0 aliphatic heterocycles. The van der Waals surface area contributed by atoms with Gasteiger partial charge in [0.25, 0.3) is 0 Å². The van der Waals surface area contributed by atoms with E-state index in [9.17, 15) is 0 Å². The highest BCUT2D eigenvalue weighted by atomic mass is 35.5. The number of nitrogen functional groups attached to an aromatic ring is 1. The first-order chi connectivity index (χ1) is 6.68. The number of fused-ring (bicyclic) bond motifs is 1. The molecule has 76 valence electrons. The van der Waals surface area contributed by atoms with Crippen molar-refractivity contribution in [2.45, 2.75) is 20.8 Å². The van der Waals surface area contributed by atoms with Crippen LogP contribution in [0.2, 0.25) is 5.28 Å². The van der Waals surface area contributed by atoms with Crippen LogP contribution in [0, 0.1) is 6.92 Å². The SMILES string of the molecule is CC.Cc1csc2c(N)nc(Cl)nc12. The summed E-state index contributed by atoms with van der Waals surface area (Å²) < 4.78 is 0.914. The molecule has 0 saturated heterocycles. The zero-order valence-corrected chi connectivity index (χ0v) is 9.91. The molecule has 0 aromatic carbocycles. The van der Waals surface area contributed by atoms with Crippen LogP contribution in [0.25, 0.3) is 10.2 Å². The van der Waals surface area contributed by atoms with E-state index in [0.29, 0.717) is 5.82 Å². The van der Waals surface area contributed by atoms with Crippen molar-refractivity contribution < 1.29 is 0 Å². The highest BCUT2D eigenvalue weighted by Gasteiger charge is 2.07.